The second-order valence-corrected chi connectivity index (χ2v) is 6.08. The van der Waals surface area contributed by atoms with E-state index in [1.165, 1.54) is 6.33 Å². The second kappa shape index (κ2) is 7.23. The Balaban J connectivity index is 1.46. The van der Waals surface area contributed by atoms with Gasteiger partial charge in [-0.1, -0.05) is 30.3 Å². The van der Waals surface area contributed by atoms with E-state index < -0.39 is 11.8 Å². The van der Waals surface area contributed by atoms with Crippen molar-refractivity contribution in [2.24, 2.45) is 0 Å². The number of hydrazine groups is 1. The molecule has 2 aromatic carbocycles. The summed E-state index contributed by atoms with van der Waals surface area (Å²) >= 11 is 0. The number of nitrogens with one attached hydrogen (secondary N) is 5. The van der Waals surface area contributed by atoms with Crippen molar-refractivity contribution in [3.05, 3.63) is 71.8 Å². The molecule has 0 saturated carbocycles. The van der Waals surface area contributed by atoms with E-state index in [0.717, 1.165) is 16.6 Å². The van der Waals surface area contributed by atoms with Crippen LogP contribution < -0.4 is 16.2 Å². The Bertz CT molecular complexity index is 1130. The topological polar surface area (TPSA) is 128 Å². The fourth-order valence-corrected chi connectivity index (χ4v) is 2.72. The van der Waals surface area contributed by atoms with Gasteiger partial charge in [0.2, 0.25) is 5.95 Å². The number of amides is 2. The average molecular weight is 375 g/mol. The quantitative estimate of drug-likeness (QED) is 0.343. The van der Waals surface area contributed by atoms with Gasteiger partial charge in [0.05, 0.1) is 17.4 Å². The Labute approximate surface area is 159 Å². The molecule has 0 bridgehead atoms. The highest BCUT2D eigenvalue weighted by molar-refractivity contribution is 6.10. The summed E-state index contributed by atoms with van der Waals surface area (Å²) < 4.78 is 0. The molecule has 2 heterocycles. The van der Waals surface area contributed by atoms with Gasteiger partial charge < -0.3 is 15.3 Å². The molecule has 5 N–H and O–H groups in total. The maximum absolute atomic E-state index is 12.5. The van der Waals surface area contributed by atoms with E-state index in [2.05, 4.69) is 36.1 Å². The minimum Gasteiger partial charge on any atom is -0.340 e. The molecule has 0 aliphatic carbocycles. The highest BCUT2D eigenvalue weighted by Crippen LogP contribution is 2.15. The zero-order chi connectivity index (χ0) is 19.5. The minimum atomic E-state index is -0.573. The predicted octanol–water partition coefficient (Wildman–Crippen LogP) is 2.60. The number of anilines is 2. The highest BCUT2D eigenvalue weighted by Gasteiger charge is 2.21. The van der Waals surface area contributed by atoms with Crippen LogP contribution in [-0.2, 0) is 0 Å². The molecule has 0 spiro atoms. The summed E-state index contributed by atoms with van der Waals surface area (Å²) in [6.07, 6.45) is 1.29. The molecule has 4 aromatic rings. The maximum atomic E-state index is 12.5. The van der Waals surface area contributed by atoms with Crippen molar-refractivity contribution in [2.75, 3.05) is 10.7 Å². The van der Waals surface area contributed by atoms with Crippen molar-refractivity contribution in [3.63, 3.8) is 0 Å². The van der Waals surface area contributed by atoms with Crippen molar-refractivity contribution in [3.8, 4) is 0 Å². The summed E-state index contributed by atoms with van der Waals surface area (Å²) in [5.74, 6) is -0.659. The molecule has 0 radical (unpaired) electrons. The number of rotatable bonds is 5. The molecular weight excluding hydrogens is 358 g/mol. The first kappa shape index (κ1) is 17.3. The molecule has 9 heteroatoms. The number of para-hydroxylation sites is 3. The monoisotopic (exact) mass is 375 g/mol. The Morgan fingerprint density at radius 2 is 1.79 bits per heavy atom. The number of H-pyrrole nitrogens is 2. The van der Waals surface area contributed by atoms with E-state index in [4.69, 9.17) is 0 Å². The number of carbonyl (C=O) groups excluding carboxylic acids is 2. The zero-order valence-electron chi connectivity index (χ0n) is 14.9. The standard InChI is InChI=1S/C19H17N7O2/c1-11-6-2-3-7-12(11)22-17(27)15-16(21-10-20-15)18(28)25-26-19-23-13-8-4-5-9-14(13)24-19/h2-10H,1H3,(H,20,21)(H,22,27)(H,25,28)(H2,23,24,26). The van der Waals surface area contributed by atoms with Crippen LogP contribution in [-0.4, -0.2) is 31.8 Å². The molecule has 0 atom stereocenters. The van der Waals surface area contributed by atoms with Gasteiger partial charge in [-0.15, -0.1) is 0 Å². The fraction of sp³-hybridized carbons (Fsp3) is 0.0526. The van der Waals surface area contributed by atoms with Gasteiger partial charge in [-0.25, -0.2) is 9.97 Å². The third-order valence-electron chi connectivity index (χ3n) is 4.16. The van der Waals surface area contributed by atoms with Gasteiger partial charge in [-0.05, 0) is 30.7 Å². The van der Waals surface area contributed by atoms with Crippen LogP contribution in [0.5, 0.6) is 0 Å². The lowest BCUT2D eigenvalue weighted by molar-refractivity contribution is 0.0943. The van der Waals surface area contributed by atoms with Crippen molar-refractivity contribution in [1.29, 1.82) is 0 Å². The molecule has 140 valence electrons. The average Bonchev–Trinajstić information content (AvgIpc) is 3.34. The van der Waals surface area contributed by atoms with Crippen LogP contribution in [0.1, 0.15) is 26.5 Å². The fourth-order valence-electron chi connectivity index (χ4n) is 2.72. The lowest BCUT2D eigenvalue weighted by Gasteiger charge is -2.08. The minimum absolute atomic E-state index is 0.0327. The first-order chi connectivity index (χ1) is 13.6. The van der Waals surface area contributed by atoms with Crippen molar-refractivity contribution in [2.45, 2.75) is 6.92 Å². The molecular formula is C19H17N7O2. The number of benzene rings is 2. The Hall–Kier alpha value is -4.14. The van der Waals surface area contributed by atoms with Crippen LogP contribution in [0, 0.1) is 6.92 Å². The highest BCUT2D eigenvalue weighted by atomic mass is 16.2. The number of aromatic nitrogens is 4. The number of nitrogens with zero attached hydrogens (tertiary/aromatic N) is 2. The summed E-state index contributed by atoms with van der Waals surface area (Å²) in [5.41, 5.74) is 8.38. The lowest BCUT2D eigenvalue weighted by Crippen LogP contribution is -2.32. The van der Waals surface area contributed by atoms with Gasteiger partial charge in [0.1, 0.15) is 5.69 Å². The summed E-state index contributed by atoms with van der Waals surface area (Å²) in [6, 6.07) is 14.8. The molecule has 0 fully saturated rings. The second-order valence-electron chi connectivity index (χ2n) is 6.08. The van der Waals surface area contributed by atoms with Crippen LogP contribution in [0.25, 0.3) is 11.0 Å². The predicted molar refractivity (Wildman–Crippen MR) is 105 cm³/mol. The van der Waals surface area contributed by atoms with E-state index in [0.29, 0.717) is 11.6 Å². The molecule has 9 nitrogen and oxygen atoms in total. The number of aryl methyl sites for hydroxylation is 1. The summed E-state index contributed by atoms with van der Waals surface area (Å²) in [5, 5.41) is 2.77. The molecule has 2 amide bonds. The van der Waals surface area contributed by atoms with E-state index in [-0.39, 0.29) is 11.4 Å². The number of hydrogen-bond donors (Lipinski definition) is 5. The summed E-state index contributed by atoms with van der Waals surface area (Å²) in [6.45, 7) is 1.88. The van der Waals surface area contributed by atoms with Crippen LogP contribution in [0.2, 0.25) is 0 Å². The first-order valence-electron chi connectivity index (χ1n) is 8.53. The van der Waals surface area contributed by atoms with Gasteiger partial charge >= 0.3 is 0 Å². The number of aromatic amines is 2. The van der Waals surface area contributed by atoms with E-state index in [1.54, 1.807) is 6.07 Å². The molecule has 0 aliphatic heterocycles. The Morgan fingerprint density at radius 3 is 2.61 bits per heavy atom. The Morgan fingerprint density at radius 1 is 1.00 bits per heavy atom. The normalized spacial score (nSPS) is 10.6. The van der Waals surface area contributed by atoms with Gasteiger partial charge in [-0.2, -0.15) is 0 Å². The first-order valence-corrected chi connectivity index (χ1v) is 8.53. The van der Waals surface area contributed by atoms with E-state index >= 15 is 0 Å². The van der Waals surface area contributed by atoms with Crippen molar-refractivity contribution in [1.82, 2.24) is 25.4 Å². The molecule has 0 unspecified atom stereocenters. The smallest absolute Gasteiger partial charge is 0.290 e. The number of fused-ring (bicyclic) bond motifs is 1. The number of hydrogen-bond acceptors (Lipinski definition) is 5. The molecule has 0 aliphatic rings. The SMILES string of the molecule is Cc1ccccc1NC(=O)c1[nH]cnc1C(=O)NNc1nc2ccccc2[nH]1. The third-order valence-corrected chi connectivity index (χ3v) is 4.16. The van der Waals surface area contributed by atoms with Gasteiger partial charge in [0.15, 0.2) is 5.69 Å². The molecule has 4 rings (SSSR count). The van der Waals surface area contributed by atoms with Gasteiger partial charge in [0.25, 0.3) is 11.8 Å². The van der Waals surface area contributed by atoms with Crippen LogP contribution in [0.3, 0.4) is 0 Å². The largest absolute Gasteiger partial charge is 0.340 e. The number of imidazole rings is 2. The molecule has 2 aromatic heterocycles. The van der Waals surface area contributed by atoms with Gasteiger partial charge in [-0.3, -0.25) is 20.4 Å². The van der Waals surface area contributed by atoms with E-state index in [9.17, 15) is 9.59 Å². The van der Waals surface area contributed by atoms with Crippen LogP contribution in [0.4, 0.5) is 11.6 Å². The molecule has 28 heavy (non-hydrogen) atoms. The lowest BCUT2D eigenvalue weighted by atomic mass is 10.2. The zero-order valence-corrected chi connectivity index (χ0v) is 14.9. The number of carbonyl (C=O) groups is 2. The Kier molecular flexibility index (Phi) is 4.47. The van der Waals surface area contributed by atoms with E-state index in [1.807, 2.05) is 49.4 Å². The summed E-state index contributed by atoms with van der Waals surface area (Å²) in [4.78, 5) is 39.0. The summed E-state index contributed by atoms with van der Waals surface area (Å²) in [7, 11) is 0. The third kappa shape index (κ3) is 3.40. The van der Waals surface area contributed by atoms with Crippen molar-refractivity contribution < 1.29 is 9.59 Å². The van der Waals surface area contributed by atoms with Crippen molar-refractivity contribution >= 4 is 34.5 Å². The maximum Gasteiger partial charge on any atom is 0.290 e. The van der Waals surface area contributed by atoms with Gasteiger partial charge in [0, 0.05) is 5.69 Å². The van der Waals surface area contributed by atoms with Crippen LogP contribution in [0.15, 0.2) is 54.9 Å². The molecule has 0 saturated heterocycles. The van der Waals surface area contributed by atoms with Crippen LogP contribution >= 0.6 is 0 Å².